The number of carboxylic acids is 4. The van der Waals surface area contributed by atoms with Crippen molar-refractivity contribution in [3.05, 3.63) is 0 Å². The van der Waals surface area contributed by atoms with Crippen molar-refractivity contribution < 1.29 is 98.7 Å². The van der Waals surface area contributed by atoms with Crippen molar-refractivity contribution in [1.82, 2.24) is 9.80 Å². The van der Waals surface area contributed by atoms with Gasteiger partial charge in [0.1, 0.15) is 0 Å². The predicted octanol–water partition coefficient (Wildman–Crippen LogP) is -9.32. The van der Waals surface area contributed by atoms with Crippen molar-refractivity contribution in [1.29, 1.82) is 0 Å². The zero-order valence-electron chi connectivity index (χ0n) is 15.5. The van der Waals surface area contributed by atoms with E-state index in [0.717, 1.165) is 0 Å². The number of hydrogen-bond acceptors (Lipinski definition) is 8. The van der Waals surface area contributed by atoms with E-state index in [4.69, 9.17) is 10.2 Å². The van der Waals surface area contributed by atoms with Crippen LogP contribution in [0.1, 0.15) is 19.8 Å². The van der Waals surface area contributed by atoms with E-state index in [0.29, 0.717) is 12.8 Å². The number of aliphatic carboxylic acids is 4. The predicted molar refractivity (Wildman–Crippen MR) is 76.6 cm³/mol. The molecule has 10 nitrogen and oxygen atoms in total. The fraction of sp³-hybridized carbons (Fsp3) is 0.714. The van der Waals surface area contributed by atoms with E-state index >= 15 is 0 Å². The van der Waals surface area contributed by atoms with Crippen molar-refractivity contribution in [3.63, 3.8) is 0 Å². The molecule has 0 rings (SSSR count). The minimum atomic E-state index is -1.39. The Hall–Kier alpha value is -0.200. The third kappa shape index (κ3) is 18.6. The Morgan fingerprint density at radius 1 is 0.769 bits per heavy atom. The Balaban J connectivity index is -0.00000264. The van der Waals surface area contributed by atoms with E-state index in [9.17, 15) is 29.4 Å². The molecule has 0 spiro atoms. The standard InChI is InChI=1S/C14H24N2O8.2Na/c1-10(2-4-15(6-11(17)18)7-12(19)20)3-5-16(8-13(21)22)9-14(23)24;;/h10H,2-9H2,1H3,(H,17,18)(H,19,20)(H,21,22)(H,23,24);;/q;2*+1/p-2. The second kappa shape index (κ2) is 16.9. The first kappa shape index (κ1) is 30.5. The summed E-state index contributed by atoms with van der Waals surface area (Å²) in [5, 5.41) is 38.6. The van der Waals surface area contributed by atoms with Gasteiger partial charge >= 0.3 is 71.1 Å². The number of carbonyl (C=O) groups is 4. The Morgan fingerprint density at radius 2 is 1.08 bits per heavy atom. The Bertz CT molecular complexity index is 392. The summed E-state index contributed by atoms with van der Waals surface area (Å²) in [5.41, 5.74) is 0. The van der Waals surface area contributed by atoms with Crippen molar-refractivity contribution in [2.45, 2.75) is 19.8 Å². The normalized spacial score (nSPS) is 11.3. The maximum atomic E-state index is 10.7. The summed E-state index contributed by atoms with van der Waals surface area (Å²) in [4.78, 5) is 45.0. The van der Waals surface area contributed by atoms with Crippen LogP contribution in [0, 0.1) is 5.92 Å². The van der Waals surface area contributed by atoms with Gasteiger partial charge in [0.2, 0.25) is 0 Å². The van der Waals surface area contributed by atoms with Gasteiger partial charge in [0, 0.05) is 13.1 Å². The van der Waals surface area contributed by atoms with Gasteiger partial charge in [0.15, 0.2) is 0 Å². The molecule has 0 aromatic heterocycles. The van der Waals surface area contributed by atoms with Crippen LogP contribution in [0.15, 0.2) is 0 Å². The molecule has 26 heavy (non-hydrogen) atoms. The second-order valence-electron chi connectivity index (χ2n) is 5.64. The van der Waals surface area contributed by atoms with Gasteiger partial charge in [-0.3, -0.25) is 19.4 Å². The number of hydrogen-bond donors (Lipinski definition) is 2. The number of nitrogens with zero attached hydrogens (tertiary/aromatic N) is 2. The van der Waals surface area contributed by atoms with Crippen molar-refractivity contribution in [3.8, 4) is 0 Å². The molecule has 138 valence electrons. The van der Waals surface area contributed by atoms with Crippen LogP contribution in [0.2, 0.25) is 0 Å². The largest absolute Gasteiger partial charge is 1.00 e. The first-order valence-electron chi connectivity index (χ1n) is 7.38. The van der Waals surface area contributed by atoms with E-state index in [2.05, 4.69) is 0 Å². The Kier molecular flexibility index (Phi) is 19.9. The zero-order valence-corrected chi connectivity index (χ0v) is 19.5. The average molecular weight is 392 g/mol. The second-order valence-corrected chi connectivity index (χ2v) is 5.64. The summed E-state index contributed by atoms with van der Waals surface area (Å²) in [6, 6.07) is 0. The van der Waals surface area contributed by atoms with E-state index in [1.54, 1.807) is 0 Å². The summed E-state index contributed by atoms with van der Waals surface area (Å²) in [6.45, 7) is 0.453. The molecule has 0 radical (unpaired) electrons. The van der Waals surface area contributed by atoms with Crippen LogP contribution in [-0.4, -0.2) is 83.2 Å². The Morgan fingerprint density at radius 3 is 1.35 bits per heavy atom. The minimum absolute atomic E-state index is 0. The Labute approximate surface area is 196 Å². The van der Waals surface area contributed by atoms with E-state index < -0.39 is 37.0 Å². The number of carbonyl (C=O) groups excluding carboxylic acids is 2. The fourth-order valence-corrected chi connectivity index (χ4v) is 2.13. The summed E-state index contributed by atoms with van der Waals surface area (Å²) in [7, 11) is 0. The van der Waals surface area contributed by atoms with Crippen molar-refractivity contribution in [2.24, 2.45) is 5.92 Å². The van der Waals surface area contributed by atoms with Gasteiger partial charge < -0.3 is 30.0 Å². The quantitative estimate of drug-likeness (QED) is 0.272. The van der Waals surface area contributed by atoms with Crippen LogP contribution < -0.4 is 69.3 Å². The molecular weight excluding hydrogens is 370 g/mol. The van der Waals surface area contributed by atoms with E-state index in [1.165, 1.54) is 9.80 Å². The number of carboxylic acid groups (broad SMARTS) is 4. The molecule has 0 amide bonds. The van der Waals surface area contributed by atoms with Crippen LogP contribution in [0.3, 0.4) is 0 Å². The monoisotopic (exact) mass is 392 g/mol. The summed E-state index contributed by atoms with van der Waals surface area (Å²) >= 11 is 0. The molecule has 0 fully saturated rings. The molecule has 0 aromatic rings. The zero-order chi connectivity index (χ0) is 18.7. The maximum absolute atomic E-state index is 10.7. The van der Waals surface area contributed by atoms with Gasteiger partial charge in [-0.1, -0.05) is 6.92 Å². The summed E-state index contributed by atoms with van der Waals surface area (Å²) in [5.74, 6) is -5.02. The van der Waals surface area contributed by atoms with Crippen LogP contribution in [-0.2, 0) is 19.2 Å². The molecule has 0 aliphatic rings. The first-order chi connectivity index (χ1) is 11.1. The number of rotatable bonds is 14. The molecule has 0 bridgehead atoms. The maximum Gasteiger partial charge on any atom is 1.00 e. The molecule has 12 heteroatoms. The molecule has 0 aliphatic carbocycles. The molecule has 0 saturated heterocycles. The molecular formula is C14H22N2Na2O8. The van der Waals surface area contributed by atoms with Gasteiger partial charge in [0.25, 0.3) is 0 Å². The topological polar surface area (TPSA) is 161 Å². The van der Waals surface area contributed by atoms with Crippen LogP contribution in [0.25, 0.3) is 0 Å². The molecule has 0 aromatic carbocycles. The van der Waals surface area contributed by atoms with Gasteiger partial charge in [-0.05, 0) is 31.8 Å². The van der Waals surface area contributed by atoms with Crippen LogP contribution in [0.4, 0.5) is 0 Å². The van der Waals surface area contributed by atoms with Crippen molar-refractivity contribution >= 4 is 23.9 Å². The van der Waals surface area contributed by atoms with Gasteiger partial charge in [-0.15, -0.1) is 0 Å². The summed E-state index contributed by atoms with van der Waals surface area (Å²) in [6.07, 6.45) is 0.958. The van der Waals surface area contributed by atoms with Crippen LogP contribution >= 0.6 is 0 Å². The molecule has 1 atom stereocenters. The van der Waals surface area contributed by atoms with Gasteiger partial charge in [-0.25, -0.2) is 0 Å². The van der Waals surface area contributed by atoms with Crippen molar-refractivity contribution in [2.75, 3.05) is 39.3 Å². The molecule has 0 saturated carbocycles. The molecule has 0 heterocycles. The molecule has 1 unspecified atom stereocenters. The fourth-order valence-electron chi connectivity index (χ4n) is 2.13. The summed E-state index contributed by atoms with van der Waals surface area (Å²) < 4.78 is 0. The van der Waals surface area contributed by atoms with Gasteiger partial charge in [0.05, 0.1) is 25.0 Å². The SMILES string of the molecule is CC(CCN(CC(=O)[O-])CC(=O)[O-])CCN(CC(=O)O)CC(=O)O.[Na+].[Na+]. The molecule has 2 N–H and O–H groups in total. The minimum Gasteiger partial charge on any atom is -0.549 e. The van der Waals surface area contributed by atoms with E-state index in [1.807, 2.05) is 6.92 Å². The third-order valence-corrected chi connectivity index (χ3v) is 3.30. The average Bonchev–Trinajstić information content (AvgIpc) is 2.39. The van der Waals surface area contributed by atoms with Gasteiger partial charge in [-0.2, -0.15) is 0 Å². The van der Waals surface area contributed by atoms with Crippen LogP contribution in [0.5, 0.6) is 0 Å². The smallest absolute Gasteiger partial charge is 0.549 e. The molecule has 0 aliphatic heterocycles. The van der Waals surface area contributed by atoms with E-state index in [-0.39, 0.29) is 91.2 Å². The third-order valence-electron chi connectivity index (χ3n) is 3.30. The first-order valence-corrected chi connectivity index (χ1v) is 7.38.